The van der Waals surface area contributed by atoms with E-state index in [1.54, 1.807) is 0 Å². The second-order valence-corrected chi connectivity index (χ2v) is 7.92. The molecule has 1 aliphatic heterocycles. The van der Waals surface area contributed by atoms with Gasteiger partial charge in [-0.2, -0.15) is 0 Å². The van der Waals surface area contributed by atoms with Gasteiger partial charge >= 0.3 is 0 Å². The van der Waals surface area contributed by atoms with Crippen LogP contribution in [0.5, 0.6) is 0 Å². The maximum Gasteiger partial charge on any atom is 0.246 e. The van der Waals surface area contributed by atoms with Crippen molar-refractivity contribution in [3.05, 3.63) is 46.9 Å². The molecule has 1 aromatic heterocycles. The molecule has 1 N–H and O–H groups in total. The number of benzene rings is 1. The van der Waals surface area contributed by atoms with Crippen molar-refractivity contribution in [2.75, 3.05) is 17.3 Å². The Bertz CT molecular complexity index is 947. The summed E-state index contributed by atoms with van der Waals surface area (Å²) in [5.41, 5.74) is 2.07. The maximum absolute atomic E-state index is 13.3. The Morgan fingerprint density at radius 1 is 1.24 bits per heavy atom. The summed E-state index contributed by atoms with van der Waals surface area (Å²) >= 11 is 0. The molecular weight excluding hydrogens is 378 g/mol. The predicted molar refractivity (Wildman–Crippen MR) is 105 cm³/mol. The molecule has 6 nitrogen and oxygen atoms in total. The Morgan fingerprint density at radius 3 is 2.72 bits per heavy atom. The molecule has 154 valence electrons. The molecule has 2 aromatic rings. The van der Waals surface area contributed by atoms with E-state index in [9.17, 15) is 13.6 Å². The number of nitrogens with zero attached hydrogens (tertiary/aromatic N) is 3. The monoisotopic (exact) mass is 402 g/mol. The minimum Gasteiger partial charge on any atom is -0.374 e. The lowest BCUT2D eigenvalue weighted by atomic mass is 9.80. The summed E-state index contributed by atoms with van der Waals surface area (Å²) in [6.07, 6.45) is 2.61. The highest BCUT2D eigenvalue weighted by Crippen LogP contribution is 2.35. The summed E-state index contributed by atoms with van der Waals surface area (Å²) in [6.45, 7) is 3.99. The first-order valence-corrected chi connectivity index (χ1v) is 9.78. The number of carbonyl (C=O) groups excluding carboxylic acids is 1. The average Bonchev–Trinajstić information content (AvgIpc) is 2.65. The van der Waals surface area contributed by atoms with Crippen molar-refractivity contribution < 1.29 is 18.3 Å². The minimum absolute atomic E-state index is 0.0560. The Balaban J connectivity index is 1.33. The van der Waals surface area contributed by atoms with E-state index in [1.165, 1.54) is 12.1 Å². The number of aryl methyl sites for hydroxylation is 1. The van der Waals surface area contributed by atoms with Crippen LogP contribution >= 0.6 is 0 Å². The molecular formula is C21H24F2N4O2. The van der Waals surface area contributed by atoms with Gasteiger partial charge in [-0.15, -0.1) is 0 Å². The number of hydrogen-bond acceptors (Lipinski definition) is 5. The quantitative estimate of drug-likeness (QED) is 0.831. The summed E-state index contributed by atoms with van der Waals surface area (Å²) in [5, 5.41) is 2.89. The van der Waals surface area contributed by atoms with Crippen LogP contribution in [0.3, 0.4) is 0 Å². The number of fused-ring (bicyclic) bond motifs is 1. The van der Waals surface area contributed by atoms with E-state index in [0.717, 1.165) is 42.7 Å². The summed E-state index contributed by atoms with van der Waals surface area (Å²) in [6, 6.07) is 3.55. The third-order valence-corrected chi connectivity index (χ3v) is 5.79. The van der Waals surface area contributed by atoms with Gasteiger partial charge in [0, 0.05) is 13.5 Å². The molecule has 8 heteroatoms. The van der Waals surface area contributed by atoms with Crippen molar-refractivity contribution in [2.24, 2.45) is 5.92 Å². The third kappa shape index (κ3) is 3.94. The van der Waals surface area contributed by atoms with Crippen molar-refractivity contribution in [3.8, 4) is 0 Å². The fourth-order valence-electron chi connectivity index (χ4n) is 3.77. The Labute approximate surface area is 168 Å². The largest absolute Gasteiger partial charge is 0.374 e. The van der Waals surface area contributed by atoms with E-state index in [4.69, 9.17) is 4.74 Å². The Kier molecular flexibility index (Phi) is 5.21. The van der Waals surface area contributed by atoms with Gasteiger partial charge < -0.3 is 15.0 Å². The molecule has 4 rings (SSSR count). The minimum atomic E-state index is -0.854. The smallest absolute Gasteiger partial charge is 0.246 e. The van der Waals surface area contributed by atoms with Gasteiger partial charge in [-0.05, 0) is 50.3 Å². The van der Waals surface area contributed by atoms with Crippen molar-refractivity contribution >= 4 is 17.4 Å². The number of likely N-dealkylation sites (N-methyl/N-ethyl adjacent to an activating group) is 1. The summed E-state index contributed by atoms with van der Waals surface area (Å²) in [7, 11) is 1.87. The zero-order valence-electron chi connectivity index (χ0n) is 16.7. The van der Waals surface area contributed by atoms with Gasteiger partial charge in [-0.3, -0.25) is 4.79 Å². The first kappa shape index (κ1) is 19.7. The average molecular weight is 402 g/mol. The molecule has 1 aromatic carbocycles. The number of carbonyl (C=O) groups is 1. The van der Waals surface area contributed by atoms with Crippen LogP contribution in [-0.2, 0) is 22.6 Å². The van der Waals surface area contributed by atoms with Gasteiger partial charge in [0.25, 0.3) is 0 Å². The molecule has 0 saturated heterocycles. The summed E-state index contributed by atoms with van der Waals surface area (Å²) < 4.78 is 32.0. The highest BCUT2D eigenvalue weighted by Gasteiger charge is 2.33. The van der Waals surface area contributed by atoms with Gasteiger partial charge in [0.1, 0.15) is 17.6 Å². The molecule has 0 radical (unpaired) electrons. The van der Waals surface area contributed by atoms with E-state index < -0.39 is 11.6 Å². The molecule has 2 aliphatic rings. The third-order valence-electron chi connectivity index (χ3n) is 5.79. The maximum atomic E-state index is 13.3. The normalized spacial score (nSPS) is 23.4. The fourth-order valence-corrected chi connectivity index (χ4v) is 3.77. The zero-order valence-corrected chi connectivity index (χ0v) is 16.7. The van der Waals surface area contributed by atoms with Gasteiger partial charge in [0.15, 0.2) is 17.5 Å². The van der Waals surface area contributed by atoms with Gasteiger partial charge in [0.2, 0.25) is 5.91 Å². The molecule has 0 spiro atoms. The number of halogens is 2. The van der Waals surface area contributed by atoms with E-state index in [1.807, 2.05) is 25.8 Å². The highest BCUT2D eigenvalue weighted by atomic mass is 19.2. The van der Waals surface area contributed by atoms with Crippen LogP contribution in [-0.4, -0.2) is 35.1 Å². The van der Waals surface area contributed by atoms with Crippen LogP contribution in [0.4, 0.5) is 20.3 Å². The molecule has 1 amide bonds. The number of rotatable bonds is 5. The summed E-state index contributed by atoms with van der Waals surface area (Å²) in [5.74, 6) is 0.179. The van der Waals surface area contributed by atoms with Gasteiger partial charge in [-0.1, -0.05) is 6.07 Å². The summed E-state index contributed by atoms with van der Waals surface area (Å²) in [4.78, 5) is 23.1. The van der Waals surface area contributed by atoms with E-state index in [2.05, 4.69) is 15.3 Å². The van der Waals surface area contributed by atoms with Crippen molar-refractivity contribution in [1.82, 2.24) is 9.97 Å². The number of nitrogens with one attached hydrogen (secondary N) is 1. The lowest BCUT2D eigenvalue weighted by molar-refractivity contribution is -0.117. The van der Waals surface area contributed by atoms with Crippen molar-refractivity contribution in [2.45, 2.75) is 51.9 Å². The number of hydrogen-bond donors (Lipinski definition) is 1. The molecule has 0 bridgehead atoms. The molecule has 0 unspecified atom stereocenters. The molecule has 1 fully saturated rings. The van der Waals surface area contributed by atoms with E-state index in [-0.39, 0.29) is 24.7 Å². The number of ether oxygens (including phenoxy) is 1. The van der Waals surface area contributed by atoms with E-state index in [0.29, 0.717) is 17.2 Å². The molecule has 29 heavy (non-hydrogen) atoms. The van der Waals surface area contributed by atoms with E-state index >= 15 is 0 Å². The Morgan fingerprint density at radius 2 is 2.00 bits per heavy atom. The van der Waals surface area contributed by atoms with Crippen LogP contribution < -0.4 is 10.2 Å². The second kappa shape index (κ2) is 7.67. The van der Waals surface area contributed by atoms with Crippen molar-refractivity contribution in [3.63, 3.8) is 0 Å². The van der Waals surface area contributed by atoms with Crippen molar-refractivity contribution in [1.29, 1.82) is 0 Å². The number of aromatic nitrogens is 2. The standard InChI is InChI=1S/C21H24F2N4O2/c1-11-19-20(27(3)12(2)21(28)26-19)25-18(24-11)9-14-6-15(7-14)29-10-13-4-5-16(22)17(23)8-13/h4-5,8,12,14-15H,6-7,9-10H2,1-3H3,(H,26,28)/t12-,14?,15?/m0/s1. The lowest BCUT2D eigenvalue weighted by Crippen LogP contribution is -2.45. The van der Waals surface area contributed by atoms with Crippen LogP contribution in [0.2, 0.25) is 0 Å². The van der Waals surface area contributed by atoms with Gasteiger partial charge in [0.05, 0.1) is 18.4 Å². The molecule has 1 saturated carbocycles. The molecule has 1 aliphatic carbocycles. The predicted octanol–water partition coefficient (Wildman–Crippen LogP) is 3.38. The number of amides is 1. The highest BCUT2D eigenvalue weighted by molar-refractivity contribution is 6.02. The van der Waals surface area contributed by atoms with Crippen LogP contribution in [0, 0.1) is 24.5 Å². The first-order chi connectivity index (χ1) is 13.8. The molecule has 2 heterocycles. The van der Waals surface area contributed by atoms with Crippen LogP contribution in [0.15, 0.2) is 18.2 Å². The Hall–Kier alpha value is -2.61. The van der Waals surface area contributed by atoms with Gasteiger partial charge in [-0.25, -0.2) is 18.7 Å². The topological polar surface area (TPSA) is 67.4 Å². The zero-order chi connectivity index (χ0) is 20.7. The second-order valence-electron chi connectivity index (χ2n) is 7.92. The van der Waals surface area contributed by atoms with Crippen LogP contribution in [0.1, 0.15) is 36.8 Å². The SMILES string of the molecule is Cc1nc(CC2CC(OCc3ccc(F)c(F)c3)C2)nc2c1NC(=O)[C@H](C)N2C. The van der Waals surface area contributed by atoms with Crippen LogP contribution in [0.25, 0.3) is 0 Å². The fraction of sp³-hybridized carbons (Fsp3) is 0.476. The number of anilines is 2. The molecule has 1 atom stereocenters. The lowest BCUT2D eigenvalue weighted by Gasteiger charge is -2.36. The first-order valence-electron chi connectivity index (χ1n) is 9.78.